The zero-order chi connectivity index (χ0) is 12.8. The van der Waals surface area contributed by atoms with E-state index in [2.05, 4.69) is 34.0 Å². The molecule has 1 aliphatic heterocycles. The molecular weight excluding hydrogens is 266 g/mol. The molecule has 5 heteroatoms. The first-order chi connectivity index (χ1) is 8.81. The van der Waals surface area contributed by atoms with Crippen molar-refractivity contribution < 1.29 is 0 Å². The maximum Gasteiger partial charge on any atom is 0.137 e. The van der Waals surface area contributed by atoms with E-state index in [1.807, 2.05) is 0 Å². The van der Waals surface area contributed by atoms with Crippen molar-refractivity contribution in [2.24, 2.45) is 0 Å². The molecule has 1 N–H and O–H groups in total. The highest BCUT2D eigenvalue weighted by atomic mass is 35.5. The lowest BCUT2D eigenvalue weighted by Crippen LogP contribution is -2.21. The highest BCUT2D eigenvalue weighted by Crippen LogP contribution is 2.26. The van der Waals surface area contributed by atoms with Gasteiger partial charge in [0.1, 0.15) is 17.3 Å². The zero-order valence-corrected chi connectivity index (χ0v) is 12.4. The molecule has 1 aromatic rings. The molecule has 18 heavy (non-hydrogen) atoms. The molecule has 1 fully saturated rings. The fraction of sp³-hybridized carbons (Fsp3) is 0.692. The van der Waals surface area contributed by atoms with Gasteiger partial charge in [0.15, 0.2) is 0 Å². The number of hydrogen-bond donors (Lipinski definition) is 1. The van der Waals surface area contributed by atoms with Crippen LogP contribution < -0.4 is 5.32 Å². The Morgan fingerprint density at radius 2 is 2.33 bits per heavy atom. The van der Waals surface area contributed by atoms with Gasteiger partial charge in [0.25, 0.3) is 0 Å². The van der Waals surface area contributed by atoms with Crippen LogP contribution in [0.1, 0.15) is 38.2 Å². The minimum absolute atomic E-state index is 0.589. The largest absolute Gasteiger partial charge is 0.369 e. The molecule has 1 aromatic heterocycles. The highest BCUT2D eigenvalue weighted by Gasteiger charge is 2.15. The minimum atomic E-state index is 0.589. The number of aromatic nitrogens is 2. The normalized spacial score (nSPS) is 19.8. The van der Waals surface area contributed by atoms with E-state index >= 15 is 0 Å². The number of hydrogen-bond acceptors (Lipinski definition) is 4. The van der Waals surface area contributed by atoms with Crippen molar-refractivity contribution in [2.45, 2.75) is 44.3 Å². The predicted molar refractivity (Wildman–Crippen MR) is 79.6 cm³/mol. The van der Waals surface area contributed by atoms with Crippen LogP contribution in [0.5, 0.6) is 0 Å². The number of anilines is 1. The van der Waals surface area contributed by atoms with E-state index in [0.29, 0.717) is 10.4 Å². The molecule has 1 saturated heterocycles. The van der Waals surface area contributed by atoms with Crippen LogP contribution >= 0.6 is 23.4 Å². The quantitative estimate of drug-likeness (QED) is 0.836. The summed E-state index contributed by atoms with van der Waals surface area (Å²) in [7, 11) is 0. The van der Waals surface area contributed by atoms with Gasteiger partial charge in [0.05, 0.1) is 0 Å². The van der Waals surface area contributed by atoms with Crippen molar-refractivity contribution in [1.82, 2.24) is 9.97 Å². The molecule has 2 rings (SSSR count). The van der Waals surface area contributed by atoms with Gasteiger partial charge in [0, 0.05) is 17.4 Å². The molecule has 0 radical (unpaired) electrons. The molecule has 0 amide bonds. The molecular formula is C13H20ClN3S. The smallest absolute Gasteiger partial charge is 0.137 e. The Morgan fingerprint density at radius 3 is 3.06 bits per heavy atom. The van der Waals surface area contributed by atoms with Gasteiger partial charge in [-0.1, -0.05) is 31.4 Å². The summed E-state index contributed by atoms with van der Waals surface area (Å²) >= 11 is 8.20. The van der Waals surface area contributed by atoms with Crippen molar-refractivity contribution in [3.05, 3.63) is 17.0 Å². The average Bonchev–Trinajstić information content (AvgIpc) is 2.41. The molecule has 1 unspecified atom stereocenters. The monoisotopic (exact) mass is 285 g/mol. The third-order valence-corrected chi connectivity index (χ3v) is 4.89. The van der Waals surface area contributed by atoms with Gasteiger partial charge >= 0.3 is 0 Å². The molecule has 0 spiro atoms. The third kappa shape index (κ3) is 3.75. The lowest BCUT2D eigenvalue weighted by atomic mass is 10.1. The fourth-order valence-corrected chi connectivity index (χ4v) is 3.66. The van der Waals surface area contributed by atoms with Crippen LogP contribution in [-0.4, -0.2) is 27.5 Å². The summed E-state index contributed by atoms with van der Waals surface area (Å²) in [6, 6.07) is 0. The van der Waals surface area contributed by atoms with E-state index in [9.17, 15) is 0 Å². The van der Waals surface area contributed by atoms with Crippen LogP contribution in [0.4, 0.5) is 5.82 Å². The standard InChI is InChI=1S/C13H20ClN3S/c1-2-5-11-12(14)16-9-17-13(11)15-8-10-6-3-4-7-18-10/h9-10H,2-8H2,1H3,(H,15,16,17). The van der Waals surface area contributed by atoms with Crippen LogP contribution in [0.2, 0.25) is 5.15 Å². The Hall–Kier alpha value is -0.480. The fourth-order valence-electron chi connectivity index (χ4n) is 2.19. The maximum atomic E-state index is 6.13. The third-order valence-electron chi connectivity index (χ3n) is 3.16. The van der Waals surface area contributed by atoms with Gasteiger partial charge in [0.2, 0.25) is 0 Å². The van der Waals surface area contributed by atoms with Gasteiger partial charge in [-0.25, -0.2) is 9.97 Å². The molecule has 1 atom stereocenters. The first-order valence-corrected chi connectivity index (χ1v) is 8.08. The van der Waals surface area contributed by atoms with Gasteiger partial charge in [-0.3, -0.25) is 0 Å². The second kappa shape index (κ2) is 7.19. The summed E-state index contributed by atoms with van der Waals surface area (Å²) in [6.45, 7) is 3.12. The van der Waals surface area contributed by atoms with E-state index in [1.54, 1.807) is 0 Å². The van der Waals surface area contributed by atoms with E-state index < -0.39 is 0 Å². The number of nitrogens with one attached hydrogen (secondary N) is 1. The number of rotatable bonds is 5. The van der Waals surface area contributed by atoms with Crippen LogP contribution in [0.3, 0.4) is 0 Å². The summed E-state index contributed by atoms with van der Waals surface area (Å²) in [5.41, 5.74) is 1.06. The van der Waals surface area contributed by atoms with Gasteiger partial charge < -0.3 is 5.32 Å². The summed E-state index contributed by atoms with van der Waals surface area (Å²) in [5.74, 6) is 2.21. The molecule has 100 valence electrons. The first-order valence-electron chi connectivity index (χ1n) is 6.66. The second-order valence-corrected chi connectivity index (χ2v) is 6.38. The summed E-state index contributed by atoms with van der Waals surface area (Å²) in [6.07, 6.45) is 7.55. The topological polar surface area (TPSA) is 37.8 Å². The van der Waals surface area contributed by atoms with Crippen molar-refractivity contribution in [2.75, 3.05) is 17.6 Å². The second-order valence-electron chi connectivity index (χ2n) is 4.61. The van der Waals surface area contributed by atoms with Crippen LogP contribution in [-0.2, 0) is 6.42 Å². The lowest BCUT2D eigenvalue weighted by Gasteiger charge is -2.22. The minimum Gasteiger partial charge on any atom is -0.369 e. The summed E-state index contributed by atoms with van der Waals surface area (Å²) < 4.78 is 0. The van der Waals surface area contributed by atoms with E-state index in [0.717, 1.165) is 30.8 Å². The SMILES string of the molecule is CCCc1c(Cl)ncnc1NCC1CCCCS1. The van der Waals surface area contributed by atoms with Crippen LogP contribution in [0, 0.1) is 0 Å². The van der Waals surface area contributed by atoms with Crippen molar-refractivity contribution >= 4 is 29.2 Å². The number of halogens is 1. The zero-order valence-electron chi connectivity index (χ0n) is 10.8. The van der Waals surface area contributed by atoms with Gasteiger partial charge in [-0.15, -0.1) is 0 Å². The number of thioether (sulfide) groups is 1. The number of nitrogens with zero attached hydrogens (tertiary/aromatic N) is 2. The molecule has 0 bridgehead atoms. The van der Waals surface area contributed by atoms with Crippen LogP contribution in [0.25, 0.3) is 0 Å². The molecule has 1 aliphatic rings. The first kappa shape index (κ1) is 13.9. The Balaban J connectivity index is 1.97. The van der Waals surface area contributed by atoms with Gasteiger partial charge in [-0.05, 0) is 25.0 Å². The Bertz CT molecular complexity index is 380. The van der Waals surface area contributed by atoms with Crippen molar-refractivity contribution in [3.8, 4) is 0 Å². The molecule has 0 saturated carbocycles. The Kier molecular flexibility index (Phi) is 5.57. The Labute approximate surface area is 118 Å². The molecule has 3 nitrogen and oxygen atoms in total. The van der Waals surface area contributed by atoms with E-state index in [4.69, 9.17) is 11.6 Å². The average molecular weight is 286 g/mol. The van der Waals surface area contributed by atoms with Crippen molar-refractivity contribution in [1.29, 1.82) is 0 Å². The maximum absolute atomic E-state index is 6.13. The van der Waals surface area contributed by atoms with E-state index in [1.165, 1.54) is 31.3 Å². The highest BCUT2D eigenvalue weighted by molar-refractivity contribution is 7.99. The summed E-state index contributed by atoms with van der Waals surface area (Å²) in [4.78, 5) is 8.39. The van der Waals surface area contributed by atoms with Crippen molar-refractivity contribution in [3.63, 3.8) is 0 Å². The lowest BCUT2D eigenvalue weighted by molar-refractivity contribution is 0.676. The molecule has 2 heterocycles. The van der Waals surface area contributed by atoms with Gasteiger partial charge in [-0.2, -0.15) is 11.8 Å². The Morgan fingerprint density at radius 1 is 1.44 bits per heavy atom. The predicted octanol–water partition coefficient (Wildman–Crippen LogP) is 3.78. The van der Waals surface area contributed by atoms with E-state index in [-0.39, 0.29) is 0 Å². The summed E-state index contributed by atoms with van der Waals surface area (Å²) in [5, 5.41) is 4.75. The van der Waals surface area contributed by atoms with Crippen LogP contribution in [0.15, 0.2) is 6.33 Å². The molecule has 0 aromatic carbocycles. The molecule has 0 aliphatic carbocycles.